The number of aryl methyl sites for hydroxylation is 1. The molecule has 0 aliphatic carbocycles. The molecule has 7 heteroatoms. The molecule has 0 aliphatic rings. The summed E-state index contributed by atoms with van der Waals surface area (Å²) in [6, 6.07) is 14.8. The number of carbonyl (C=O) groups is 2. The average Bonchev–Trinajstić information content (AvgIpc) is 2.75. The maximum atomic E-state index is 15.0. The Labute approximate surface area is 175 Å². The zero-order chi connectivity index (χ0) is 22.0. The lowest BCUT2D eigenvalue weighted by atomic mass is 9.97. The number of nitrogens with one attached hydrogen (secondary N) is 1. The number of rotatable bonds is 11. The minimum atomic E-state index is -3.83. The third kappa shape index (κ3) is 6.35. The molecule has 0 amide bonds. The molecule has 0 spiro atoms. The lowest BCUT2D eigenvalue weighted by Gasteiger charge is -2.30. The highest BCUT2D eigenvalue weighted by Crippen LogP contribution is 2.28. The van der Waals surface area contributed by atoms with Gasteiger partial charge in [0.25, 0.3) is 0 Å². The van der Waals surface area contributed by atoms with Gasteiger partial charge in [0.2, 0.25) is 0 Å². The van der Waals surface area contributed by atoms with Crippen LogP contribution in [-0.2, 0) is 25.5 Å². The summed E-state index contributed by atoms with van der Waals surface area (Å²) in [6.07, 6.45) is 0.205. The minimum absolute atomic E-state index is 0.0848. The third-order valence-corrected chi connectivity index (χ3v) is 4.57. The number of hydrogen-bond donors (Lipinski definition) is 1. The summed E-state index contributed by atoms with van der Waals surface area (Å²) in [4.78, 5) is 24.5. The molecule has 2 rings (SSSR count). The molecule has 2 aromatic rings. The highest BCUT2D eigenvalue weighted by Gasteiger charge is 2.49. The molecular formula is C23H27F2NO4. The van der Waals surface area contributed by atoms with E-state index in [2.05, 4.69) is 10.1 Å². The topological polar surface area (TPSA) is 64.6 Å². The molecule has 30 heavy (non-hydrogen) atoms. The number of alkyl halides is 2. The first-order valence-corrected chi connectivity index (χ1v) is 9.96. The van der Waals surface area contributed by atoms with Gasteiger partial charge in [-0.2, -0.15) is 8.78 Å². The predicted octanol–water partition coefficient (Wildman–Crippen LogP) is 4.08. The Balaban J connectivity index is 2.32. The molecule has 0 radical (unpaired) electrons. The molecule has 5 nitrogen and oxygen atoms in total. The van der Waals surface area contributed by atoms with E-state index in [-0.39, 0.29) is 26.1 Å². The normalized spacial score (nSPS) is 13.3. The van der Waals surface area contributed by atoms with Crippen LogP contribution in [0.2, 0.25) is 0 Å². The number of esters is 2. The summed E-state index contributed by atoms with van der Waals surface area (Å²) in [5.41, 5.74) is 1.32. The van der Waals surface area contributed by atoms with Gasteiger partial charge in [-0.1, -0.05) is 60.7 Å². The number of hydrogen-bond acceptors (Lipinski definition) is 5. The van der Waals surface area contributed by atoms with Crippen LogP contribution >= 0.6 is 0 Å². The maximum Gasteiger partial charge on any atom is 0.378 e. The fraction of sp³-hybridized carbons (Fsp3) is 0.391. The van der Waals surface area contributed by atoms with E-state index >= 15 is 8.78 Å². The van der Waals surface area contributed by atoms with Gasteiger partial charge < -0.3 is 9.47 Å². The van der Waals surface area contributed by atoms with Crippen molar-refractivity contribution >= 4 is 11.9 Å². The molecular weight excluding hydrogens is 392 g/mol. The second-order valence-corrected chi connectivity index (χ2v) is 6.68. The molecule has 162 valence electrons. The fourth-order valence-corrected chi connectivity index (χ4v) is 3.07. The highest BCUT2D eigenvalue weighted by molar-refractivity contribution is 5.80. The zero-order valence-corrected chi connectivity index (χ0v) is 17.1. The van der Waals surface area contributed by atoms with Crippen molar-refractivity contribution in [2.75, 3.05) is 13.2 Å². The Morgan fingerprint density at radius 2 is 1.50 bits per heavy atom. The molecule has 1 N–H and O–H groups in total. The molecule has 2 aromatic carbocycles. The van der Waals surface area contributed by atoms with Gasteiger partial charge in [-0.25, -0.2) is 9.59 Å². The first-order chi connectivity index (χ1) is 14.4. The number of benzene rings is 2. The standard InChI is InChI=1S/C23H27F2NO4/c1-3-29-21(27)20(18-13-9-6-10-14-18)26-19(23(24,25)22(28)30-4-2)16-15-17-11-7-5-8-12-17/h5-14,19-20,26H,3-4,15-16H2,1-2H3/t19-,20+/m0/s1. The lowest BCUT2D eigenvalue weighted by Crippen LogP contribution is -2.53. The van der Waals surface area contributed by atoms with E-state index in [0.29, 0.717) is 5.56 Å². The summed E-state index contributed by atoms with van der Waals surface area (Å²) in [7, 11) is 0. The molecule has 0 bridgehead atoms. The van der Waals surface area contributed by atoms with Crippen molar-refractivity contribution in [3.8, 4) is 0 Å². The van der Waals surface area contributed by atoms with Crippen molar-refractivity contribution in [1.82, 2.24) is 5.32 Å². The largest absolute Gasteiger partial charge is 0.465 e. The van der Waals surface area contributed by atoms with Gasteiger partial charge in [-0.3, -0.25) is 5.32 Å². The van der Waals surface area contributed by atoms with Gasteiger partial charge in [0, 0.05) is 0 Å². The molecule has 0 aromatic heterocycles. The van der Waals surface area contributed by atoms with Crippen molar-refractivity contribution in [2.45, 2.75) is 44.7 Å². The van der Waals surface area contributed by atoms with E-state index in [9.17, 15) is 9.59 Å². The van der Waals surface area contributed by atoms with Crippen LogP contribution < -0.4 is 5.32 Å². The van der Waals surface area contributed by atoms with E-state index in [1.165, 1.54) is 6.92 Å². The van der Waals surface area contributed by atoms with Crippen molar-refractivity contribution in [1.29, 1.82) is 0 Å². The zero-order valence-electron chi connectivity index (χ0n) is 17.1. The molecule has 0 heterocycles. The highest BCUT2D eigenvalue weighted by atomic mass is 19.3. The molecule has 0 aliphatic heterocycles. The van der Waals surface area contributed by atoms with Crippen LogP contribution in [0.5, 0.6) is 0 Å². The molecule has 0 fully saturated rings. The van der Waals surface area contributed by atoms with Crippen LogP contribution in [-0.4, -0.2) is 37.1 Å². The van der Waals surface area contributed by atoms with Gasteiger partial charge in [-0.15, -0.1) is 0 Å². The SMILES string of the molecule is CCOC(=O)[C@H](N[C@@H](CCc1ccccc1)C(F)(F)C(=O)OCC)c1ccccc1. The van der Waals surface area contributed by atoms with Gasteiger partial charge >= 0.3 is 17.9 Å². The quantitative estimate of drug-likeness (QED) is 0.556. The van der Waals surface area contributed by atoms with Gasteiger partial charge in [0.05, 0.1) is 19.3 Å². The van der Waals surface area contributed by atoms with E-state index in [0.717, 1.165) is 5.56 Å². The number of carbonyl (C=O) groups excluding carboxylic acids is 2. The third-order valence-electron chi connectivity index (χ3n) is 4.57. The van der Waals surface area contributed by atoms with Gasteiger partial charge in [0.15, 0.2) is 0 Å². The Kier molecular flexibility index (Phi) is 8.92. The summed E-state index contributed by atoms with van der Waals surface area (Å²) >= 11 is 0. The van der Waals surface area contributed by atoms with E-state index in [4.69, 9.17) is 4.74 Å². The van der Waals surface area contributed by atoms with Crippen LogP contribution in [0.1, 0.15) is 37.4 Å². The Bertz CT molecular complexity index is 799. The van der Waals surface area contributed by atoms with Crippen LogP contribution in [0.15, 0.2) is 60.7 Å². The summed E-state index contributed by atoms with van der Waals surface area (Å²) in [6.45, 7) is 3.04. The first-order valence-electron chi connectivity index (χ1n) is 9.96. The van der Waals surface area contributed by atoms with Gasteiger partial charge in [0.1, 0.15) is 6.04 Å². The summed E-state index contributed by atoms with van der Waals surface area (Å²) in [5, 5.41) is 2.68. The fourth-order valence-electron chi connectivity index (χ4n) is 3.07. The number of ether oxygens (including phenoxy) is 2. The number of halogens is 2. The molecule has 0 unspecified atom stereocenters. The second kappa shape index (κ2) is 11.4. The average molecular weight is 419 g/mol. The summed E-state index contributed by atoms with van der Waals surface area (Å²) < 4.78 is 39.7. The Morgan fingerprint density at radius 3 is 2.07 bits per heavy atom. The van der Waals surface area contributed by atoms with Crippen molar-refractivity contribution in [3.63, 3.8) is 0 Å². The lowest BCUT2D eigenvalue weighted by molar-refractivity contribution is -0.177. The molecule has 0 saturated carbocycles. The monoisotopic (exact) mass is 419 g/mol. The predicted molar refractivity (Wildman–Crippen MR) is 109 cm³/mol. The van der Waals surface area contributed by atoms with Crippen LogP contribution in [0.3, 0.4) is 0 Å². The van der Waals surface area contributed by atoms with Gasteiger partial charge in [-0.05, 0) is 37.8 Å². The van der Waals surface area contributed by atoms with E-state index in [1.807, 2.05) is 30.3 Å². The maximum absolute atomic E-state index is 15.0. The van der Waals surface area contributed by atoms with Crippen molar-refractivity contribution in [2.24, 2.45) is 0 Å². The minimum Gasteiger partial charge on any atom is -0.465 e. The van der Waals surface area contributed by atoms with Crippen LogP contribution in [0.25, 0.3) is 0 Å². The van der Waals surface area contributed by atoms with Crippen molar-refractivity contribution in [3.05, 3.63) is 71.8 Å². The summed E-state index contributed by atoms with van der Waals surface area (Å²) in [5.74, 6) is -6.14. The Hall–Kier alpha value is -2.80. The van der Waals surface area contributed by atoms with Crippen LogP contribution in [0, 0.1) is 0 Å². The van der Waals surface area contributed by atoms with Crippen LogP contribution in [0.4, 0.5) is 8.78 Å². The van der Waals surface area contributed by atoms with E-state index in [1.54, 1.807) is 37.3 Å². The molecule has 2 atom stereocenters. The Morgan fingerprint density at radius 1 is 0.933 bits per heavy atom. The van der Waals surface area contributed by atoms with E-state index < -0.39 is 29.9 Å². The second-order valence-electron chi connectivity index (χ2n) is 6.68. The van der Waals surface area contributed by atoms with Crippen molar-refractivity contribution < 1.29 is 27.8 Å². The smallest absolute Gasteiger partial charge is 0.378 e. The first kappa shape index (κ1) is 23.5. The molecule has 0 saturated heterocycles.